The van der Waals surface area contributed by atoms with Crippen LogP contribution in [0.2, 0.25) is 5.02 Å². The molecule has 2 fully saturated rings. The first-order valence-corrected chi connectivity index (χ1v) is 7.67. The van der Waals surface area contributed by atoms with Gasteiger partial charge in [-0.25, -0.2) is 0 Å². The Morgan fingerprint density at radius 2 is 1.90 bits per heavy atom. The van der Waals surface area contributed by atoms with Crippen LogP contribution in [0.1, 0.15) is 5.56 Å². The van der Waals surface area contributed by atoms with Crippen LogP contribution in [-0.4, -0.2) is 61.5 Å². The van der Waals surface area contributed by atoms with Crippen molar-refractivity contribution in [2.24, 2.45) is 0 Å². The van der Waals surface area contributed by atoms with Crippen LogP contribution in [0, 0.1) is 0 Å². The molecule has 2 N–H and O–H groups in total. The second kappa shape index (κ2) is 6.41. The average Bonchev–Trinajstić information content (AvgIpc) is 2.89. The van der Waals surface area contributed by atoms with E-state index in [-0.39, 0.29) is 12.1 Å². The van der Waals surface area contributed by atoms with E-state index in [1.54, 1.807) is 0 Å². The molecular weight excluding hydrogens is 276 g/mol. The summed E-state index contributed by atoms with van der Waals surface area (Å²) in [5.41, 5.74) is 1.31. The fraction of sp³-hybridized carbons (Fsp3) is 0.600. The van der Waals surface area contributed by atoms with Gasteiger partial charge in [0.25, 0.3) is 0 Å². The summed E-state index contributed by atoms with van der Waals surface area (Å²) in [6.07, 6.45) is -0.284. The van der Waals surface area contributed by atoms with Gasteiger partial charge in [-0.2, -0.15) is 0 Å². The van der Waals surface area contributed by atoms with Crippen LogP contribution in [0.3, 0.4) is 0 Å². The van der Waals surface area contributed by atoms with Crippen LogP contribution in [0.5, 0.6) is 0 Å². The molecule has 2 atom stereocenters. The lowest BCUT2D eigenvalue weighted by Gasteiger charge is -2.35. The molecule has 0 aromatic heterocycles. The molecule has 110 valence electrons. The Hall–Kier alpha value is -0.650. The van der Waals surface area contributed by atoms with Gasteiger partial charge in [-0.05, 0) is 17.7 Å². The quantitative estimate of drug-likeness (QED) is 0.811. The van der Waals surface area contributed by atoms with Crippen molar-refractivity contribution >= 4 is 11.6 Å². The van der Waals surface area contributed by atoms with Gasteiger partial charge in [-0.15, -0.1) is 0 Å². The smallest absolute Gasteiger partial charge is 0.140 e. The second-order valence-corrected chi connectivity index (χ2v) is 6.21. The van der Waals surface area contributed by atoms with Crippen molar-refractivity contribution in [1.82, 2.24) is 4.90 Å². The number of halogens is 1. The van der Waals surface area contributed by atoms with Crippen LogP contribution < -0.4 is 4.90 Å². The third kappa shape index (κ3) is 3.32. The van der Waals surface area contributed by atoms with Crippen molar-refractivity contribution in [3.8, 4) is 0 Å². The van der Waals surface area contributed by atoms with Crippen molar-refractivity contribution in [2.45, 2.75) is 18.7 Å². The Balaban J connectivity index is 1.49. The molecule has 0 aliphatic carbocycles. The first-order valence-electron chi connectivity index (χ1n) is 7.29. The highest BCUT2D eigenvalue weighted by atomic mass is 35.5. The maximum Gasteiger partial charge on any atom is 0.140 e. The van der Waals surface area contributed by atoms with E-state index in [4.69, 9.17) is 16.3 Å². The molecule has 5 heteroatoms. The molecule has 3 rings (SSSR count). The minimum Gasteiger partial charge on any atom is -0.384 e. The lowest BCUT2D eigenvalue weighted by Crippen LogP contribution is -3.19. The zero-order valence-corrected chi connectivity index (χ0v) is 12.4. The van der Waals surface area contributed by atoms with Crippen LogP contribution in [-0.2, 0) is 11.3 Å². The molecule has 0 saturated carbocycles. The number of quaternary nitrogens is 1. The maximum absolute atomic E-state index is 9.90. The number of piperazine rings is 1. The highest BCUT2D eigenvalue weighted by Crippen LogP contribution is 2.11. The van der Waals surface area contributed by atoms with Crippen molar-refractivity contribution in [3.05, 3.63) is 34.9 Å². The molecule has 0 bridgehead atoms. The SMILES string of the molecule is OC1COCC1[NH+]1CCN(Cc2ccc(Cl)cc2)CC1. The molecule has 20 heavy (non-hydrogen) atoms. The number of hydrogen-bond acceptors (Lipinski definition) is 3. The molecule has 2 aliphatic rings. The molecule has 2 aliphatic heterocycles. The van der Waals surface area contributed by atoms with Crippen LogP contribution in [0.4, 0.5) is 0 Å². The normalized spacial score (nSPS) is 28.9. The van der Waals surface area contributed by atoms with Gasteiger partial charge in [0, 0.05) is 24.7 Å². The lowest BCUT2D eigenvalue weighted by atomic mass is 10.1. The Morgan fingerprint density at radius 1 is 1.20 bits per heavy atom. The number of nitrogens with zero attached hydrogens (tertiary/aromatic N) is 1. The van der Waals surface area contributed by atoms with Crippen LogP contribution >= 0.6 is 11.6 Å². The molecule has 0 spiro atoms. The van der Waals surface area contributed by atoms with Crippen molar-refractivity contribution in [2.75, 3.05) is 39.4 Å². The topological polar surface area (TPSA) is 37.1 Å². The molecule has 2 heterocycles. The van der Waals surface area contributed by atoms with E-state index in [1.165, 1.54) is 10.5 Å². The van der Waals surface area contributed by atoms with E-state index < -0.39 is 0 Å². The van der Waals surface area contributed by atoms with E-state index in [9.17, 15) is 5.11 Å². The fourth-order valence-electron chi connectivity index (χ4n) is 3.15. The number of nitrogens with one attached hydrogen (secondary N) is 1. The molecule has 1 aromatic rings. The van der Waals surface area contributed by atoms with E-state index in [2.05, 4.69) is 17.0 Å². The molecule has 0 amide bonds. The predicted molar refractivity (Wildman–Crippen MR) is 78.0 cm³/mol. The van der Waals surface area contributed by atoms with Crippen molar-refractivity contribution in [1.29, 1.82) is 0 Å². The van der Waals surface area contributed by atoms with Gasteiger partial charge in [0.05, 0.1) is 19.7 Å². The average molecular weight is 298 g/mol. The monoisotopic (exact) mass is 297 g/mol. The van der Waals surface area contributed by atoms with E-state index >= 15 is 0 Å². The Labute approximate surface area is 124 Å². The first-order chi connectivity index (χ1) is 9.72. The third-order valence-electron chi connectivity index (χ3n) is 4.39. The Bertz CT molecular complexity index is 432. The number of rotatable bonds is 3. The minimum absolute atomic E-state index is 0.271. The van der Waals surface area contributed by atoms with Gasteiger partial charge in [-0.3, -0.25) is 4.90 Å². The maximum atomic E-state index is 9.90. The van der Waals surface area contributed by atoms with Gasteiger partial charge >= 0.3 is 0 Å². The minimum atomic E-state index is -0.284. The summed E-state index contributed by atoms with van der Waals surface area (Å²) in [6, 6.07) is 8.36. The van der Waals surface area contributed by atoms with Gasteiger partial charge in [0.2, 0.25) is 0 Å². The summed E-state index contributed by atoms with van der Waals surface area (Å²) in [4.78, 5) is 3.96. The molecule has 4 nitrogen and oxygen atoms in total. The highest BCUT2D eigenvalue weighted by Gasteiger charge is 2.36. The van der Waals surface area contributed by atoms with E-state index in [1.807, 2.05) is 12.1 Å². The highest BCUT2D eigenvalue weighted by molar-refractivity contribution is 6.30. The van der Waals surface area contributed by atoms with Crippen LogP contribution in [0.25, 0.3) is 0 Å². The number of hydrogen-bond donors (Lipinski definition) is 2. The zero-order valence-electron chi connectivity index (χ0n) is 11.6. The van der Waals surface area contributed by atoms with Crippen molar-refractivity contribution in [3.63, 3.8) is 0 Å². The third-order valence-corrected chi connectivity index (χ3v) is 4.64. The predicted octanol–water partition coefficient (Wildman–Crippen LogP) is -0.200. The lowest BCUT2D eigenvalue weighted by molar-refractivity contribution is -0.931. The number of aliphatic hydroxyl groups is 1. The van der Waals surface area contributed by atoms with Gasteiger partial charge in [0.1, 0.15) is 18.8 Å². The largest absolute Gasteiger partial charge is 0.384 e. The summed E-state index contributed by atoms with van der Waals surface area (Å²) in [6.45, 7) is 6.49. The first kappa shape index (κ1) is 14.3. The van der Waals surface area contributed by atoms with Gasteiger partial charge in [-0.1, -0.05) is 23.7 Å². The second-order valence-electron chi connectivity index (χ2n) is 5.77. The molecule has 2 saturated heterocycles. The fourth-order valence-corrected chi connectivity index (χ4v) is 3.28. The van der Waals surface area contributed by atoms with E-state index in [0.717, 1.165) is 37.7 Å². The van der Waals surface area contributed by atoms with Crippen molar-refractivity contribution < 1.29 is 14.7 Å². The number of ether oxygens (including phenoxy) is 1. The van der Waals surface area contributed by atoms with Gasteiger partial charge < -0.3 is 14.7 Å². The number of benzene rings is 1. The molecule has 0 radical (unpaired) electrons. The summed E-state index contributed by atoms with van der Waals surface area (Å²) < 4.78 is 5.36. The molecule has 1 aromatic carbocycles. The summed E-state index contributed by atoms with van der Waals surface area (Å²) in [5.74, 6) is 0. The number of aliphatic hydroxyl groups excluding tert-OH is 1. The Kier molecular flexibility index (Phi) is 4.58. The summed E-state index contributed by atoms with van der Waals surface area (Å²) >= 11 is 5.91. The van der Waals surface area contributed by atoms with Crippen LogP contribution in [0.15, 0.2) is 24.3 Å². The zero-order chi connectivity index (χ0) is 13.9. The summed E-state index contributed by atoms with van der Waals surface area (Å²) in [7, 11) is 0. The van der Waals surface area contributed by atoms with E-state index in [0.29, 0.717) is 13.2 Å². The molecular formula is C15H22ClN2O2+. The molecule has 2 unspecified atom stereocenters. The summed E-state index contributed by atoms with van der Waals surface area (Å²) in [5, 5.41) is 10.7. The standard InChI is InChI=1S/C15H21ClN2O2/c16-13-3-1-12(2-4-13)9-17-5-7-18(8-6-17)14-10-20-11-15(14)19/h1-4,14-15,19H,5-11H2/p+1. The Morgan fingerprint density at radius 3 is 2.50 bits per heavy atom. The van der Waals surface area contributed by atoms with Gasteiger partial charge in [0.15, 0.2) is 0 Å².